The van der Waals surface area contributed by atoms with E-state index in [-0.39, 0.29) is 46.5 Å². The number of pyridine rings is 2. The van der Waals surface area contributed by atoms with Gasteiger partial charge in [-0.3, -0.25) is 15.3 Å². The average molecular weight is 1590 g/mol. The zero-order valence-electron chi connectivity index (χ0n) is 41.7. The molecular formula is C52H71Cl3I5MgN6O3-. The van der Waals surface area contributed by atoms with Crippen LogP contribution in [0.5, 0.6) is 0 Å². The Balaban J connectivity index is 0.000000358. The Labute approximate surface area is 506 Å². The number of nitrogens with zero attached hydrogens (tertiary/aromatic N) is 5. The Morgan fingerprint density at radius 1 is 0.743 bits per heavy atom. The molecule has 9 rings (SSSR count). The van der Waals surface area contributed by atoms with Crippen LogP contribution in [0.4, 0.5) is 0 Å². The maximum atomic E-state index is 6.62. The van der Waals surface area contributed by atoms with Gasteiger partial charge in [-0.25, -0.2) is 4.99 Å². The van der Waals surface area contributed by atoms with E-state index in [0.29, 0.717) is 38.3 Å². The minimum Gasteiger partial charge on any atom is -1.00 e. The first kappa shape index (κ1) is 67.4. The van der Waals surface area contributed by atoms with Crippen molar-refractivity contribution in [2.45, 2.75) is 109 Å². The van der Waals surface area contributed by atoms with Crippen LogP contribution in [0, 0.1) is 12.3 Å². The molecular weight excluding hydrogens is 1520 g/mol. The van der Waals surface area contributed by atoms with E-state index < -0.39 is 5.72 Å². The third kappa shape index (κ3) is 23.9. The number of halogens is 8. The number of hydrogen-bond donors (Lipinski definition) is 1. The monoisotopic (exact) mass is 1590 g/mol. The first-order valence-corrected chi connectivity index (χ1v) is 43.1. The van der Waals surface area contributed by atoms with Crippen LogP contribution in [-0.4, -0.2) is 126 Å². The van der Waals surface area contributed by atoms with E-state index in [4.69, 9.17) is 42.4 Å². The number of aryl methyl sites for hydroxylation is 4. The van der Waals surface area contributed by atoms with Gasteiger partial charge in [0.05, 0.1) is 17.8 Å². The minimum atomic E-state index is -0.504. The van der Waals surface area contributed by atoms with E-state index in [0.717, 1.165) is 91.8 Å². The molecule has 2 aromatic carbocycles. The number of ether oxygens (including phenoxy) is 3. The zero-order valence-corrected chi connectivity index (χ0v) is 56.1. The molecule has 9 nitrogen and oxygen atoms in total. The predicted molar refractivity (Wildman–Crippen MR) is 321 cm³/mol. The van der Waals surface area contributed by atoms with Crippen molar-refractivity contribution in [1.82, 2.24) is 25.1 Å². The number of piperidine rings is 2. The van der Waals surface area contributed by atoms with Crippen molar-refractivity contribution < 1.29 is 39.9 Å². The molecule has 1 unspecified atom stereocenters. The summed E-state index contributed by atoms with van der Waals surface area (Å²) in [6, 6.07) is 24.4. The van der Waals surface area contributed by atoms with Crippen molar-refractivity contribution in [3.63, 3.8) is 0 Å². The number of aromatic nitrogens is 2. The number of likely N-dealkylation sites (tertiary alicyclic amines) is 2. The van der Waals surface area contributed by atoms with Gasteiger partial charge in [0.1, 0.15) is 12.3 Å². The number of benzene rings is 2. The summed E-state index contributed by atoms with van der Waals surface area (Å²) in [5.41, 5.74) is 6.07. The third-order valence-corrected chi connectivity index (χ3v) is 12.7. The van der Waals surface area contributed by atoms with E-state index >= 15 is 0 Å². The van der Waals surface area contributed by atoms with E-state index in [1.165, 1.54) is 55.5 Å². The van der Waals surface area contributed by atoms with Crippen molar-refractivity contribution in [2.75, 3.05) is 66.7 Å². The molecule has 0 amide bonds. The van der Waals surface area contributed by atoms with Gasteiger partial charge in [-0.1, -0.05) is 59.6 Å². The van der Waals surface area contributed by atoms with Crippen LogP contribution in [0.3, 0.4) is 0 Å². The topological polar surface area (TPSA) is 84.3 Å². The van der Waals surface area contributed by atoms with Gasteiger partial charge in [-0.05, 0) is 178 Å². The average Bonchev–Trinajstić information content (AvgIpc) is 4.12. The minimum absolute atomic E-state index is 0. The second kappa shape index (κ2) is 36.4. The van der Waals surface area contributed by atoms with Gasteiger partial charge >= 0.3 is 73.5 Å². The smallest absolute Gasteiger partial charge is 1.00 e. The van der Waals surface area contributed by atoms with E-state index in [1.54, 1.807) is 6.20 Å². The summed E-state index contributed by atoms with van der Waals surface area (Å²) in [4.78, 5) is 18.8. The maximum Gasteiger partial charge on any atom is 2.00 e. The number of hydrogen-bond acceptors (Lipinski definition) is 9. The molecule has 4 fully saturated rings. The normalized spacial score (nSPS) is 20.3. The van der Waals surface area contributed by atoms with Crippen LogP contribution in [0.15, 0.2) is 90.2 Å². The van der Waals surface area contributed by atoms with Gasteiger partial charge in [-0.2, -0.15) is 12.8 Å². The molecule has 0 bridgehead atoms. The summed E-state index contributed by atoms with van der Waals surface area (Å²) in [5, 5.41) is 5.43. The molecule has 70 heavy (non-hydrogen) atoms. The molecule has 1 atom stereocenters. The number of aliphatic imine (C=N–C) groups is 1. The molecule has 386 valence electrons. The van der Waals surface area contributed by atoms with Crippen molar-refractivity contribution in [2.24, 2.45) is 10.9 Å². The second-order valence-electron chi connectivity index (χ2n) is 19.0. The number of nitrogens with one attached hydrogen (secondary N) is 1. The summed E-state index contributed by atoms with van der Waals surface area (Å²) in [6.45, 7) is 16.6. The second-order valence-corrected chi connectivity index (χ2v) is 36.1. The van der Waals surface area contributed by atoms with E-state index in [9.17, 15) is 0 Å². The Morgan fingerprint density at radius 3 is 1.73 bits per heavy atom. The Hall–Kier alpha value is 1.30. The van der Waals surface area contributed by atoms with Gasteiger partial charge in [0, 0.05) is 84.3 Å². The molecule has 4 saturated heterocycles. The van der Waals surface area contributed by atoms with Crippen molar-refractivity contribution in [1.29, 1.82) is 0 Å². The molecule has 5 aliphatic rings. The molecule has 0 spiro atoms. The van der Waals surface area contributed by atoms with Crippen molar-refractivity contribution in [3.8, 4) is 0 Å². The Morgan fingerprint density at radius 2 is 1.27 bits per heavy atom. The van der Waals surface area contributed by atoms with Crippen LogP contribution in [0.1, 0.15) is 99.9 Å². The van der Waals surface area contributed by atoms with Gasteiger partial charge in [0.25, 0.3) is 0 Å². The molecule has 2 aromatic heterocycles. The first-order valence-electron chi connectivity index (χ1n) is 23.5. The van der Waals surface area contributed by atoms with Gasteiger partial charge in [0.2, 0.25) is 5.90 Å². The van der Waals surface area contributed by atoms with Gasteiger partial charge < -0.3 is 42.8 Å². The van der Waals surface area contributed by atoms with Crippen molar-refractivity contribution in [3.05, 3.63) is 135 Å². The van der Waals surface area contributed by atoms with Crippen molar-refractivity contribution >= 4 is 127 Å². The van der Waals surface area contributed by atoms with Crippen LogP contribution in [0.2, 0.25) is 10.0 Å². The molecule has 1 N–H and O–H groups in total. The fraction of sp³-hybridized carbons (Fsp3) is 0.538. The molecule has 7 heterocycles. The van der Waals surface area contributed by atoms with E-state index in [2.05, 4.69) is 178 Å². The SMILES string of the molecule is C1CCOC1.CC1(C)COC(c2ncccc2CCc2cccc(Cl)c2)=N1.CN1CCC(C2(c3ncccc3CCc3cccc(Cl)c3)NC(C)(C)CO2)CC1.CN1CC[CH-]CC1.II.I[I-]I.[Cl-].[Mg+2]. The molecule has 0 radical (unpaired) electrons. The van der Waals surface area contributed by atoms with Crippen LogP contribution >= 0.6 is 97.7 Å². The number of rotatable bonds is 9. The van der Waals surface area contributed by atoms with Gasteiger partial charge in [-0.15, -0.1) is 0 Å². The fourth-order valence-corrected chi connectivity index (χ4v) is 9.10. The van der Waals surface area contributed by atoms with Crippen LogP contribution in [-0.2, 0) is 45.6 Å². The molecule has 5 aliphatic heterocycles. The predicted octanol–water partition coefficient (Wildman–Crippen LogP) is 7.37. The fourth-order valence-electron chi connectivity index (χ4n) is 8.67. The summed E-state index contributed by atoms with van der Waals surface area (Å²) < 4.78 is 17.3. The molecule has 0 aliphatic carbocycles. The first-order chi connectivity index (χ1) is 32.7. The maximum absolute atomic E-state index is 6.62. The Kier molecular flexibility index (Phi) is 35.1. The summed E-state index contributed by atoms with van der Waals surface area (Å²) in [6.07, 6.45) is 17.1. The zero-order chi connectivity index (χ0) is 49.4. The quantitative estimate of drug-likeness (QED) is 0.106. The van der Waals surface area contributed by atoms with Crippen LogP contribution < -0.4 is 31.0 Å². The Bertz CT molecular complexity index is 2090. The molecule has 0 saturated carbocycles. The third-order valence-electron chi connectivity index (χ3n) is 12.2. The molecule has 4 aromatic rings. The van der Waals surface area contributed by atoms with Gasteiger partial charge in [0.15, 0.2) is 5.72 Å². The molecule has 18 heteroatoms. The standard InChI is InChI=1S/C24H32ClN3O.C18H19ClN2O.C6H12N.C4H8O.ClH.I3.I2.Mg/c1-23(2)17-29-24(27-23,20-11-14-28(3)15-12-20)22-19(7-5-13-26-22)10-9-18-6-4-8-21(25)16-18;1-18(2)12-22-17(21-18)16-14(6-4-10-20-16)9-8-13-5-3-7-15(19)11-13;1-7-5-3-2-4-6-7;1-2-4-5-3-1;;1-3-2;1-2;/h4-8,13,16,20,27H,9-12,14-15,17H2,1-3H3;3-7,10-11H,8-9,12H2,1-2H3;2H,3-6H2,1H3;1-4H2;1H;;;/q;;-1;;;-1;;+2/p-1. The summed E-state index contributed by atoms with van der Waals surface area (Å²) in [7, 11) is 4.37. The van der Waals surface area contributed by atoms with E-state index in [1.807, 2.05) is 48.7 Å². The van der Waals surface area contributed by atoms with Crippen LogP contribution in [0.25, 0.3) is 0 Å². The summed E-state index contributed by atoms with van der Waals surface area (Å²) >= 11 is 21.8. The summed E-state index contributed by atoms with van der Waals surface area (Å²) in [5.74, 6) is 1.08. The largest absolute Gasteiger partial charge is 2.00 e.